The van der Waals surface area contributed by atoms with Crippen LogP contribution in [0.25, 0.3) is 5.69 Å². The van der Waals surface area contributed by atoms with Gasteiger partial charge in [-0.15, -0.1) is 0 Å². The number of aliphatic hydroxyl groups excluding tert-OH is 1. The van der Waals surface area contributed by atoms with Crippen molar-refractivity contribution < 1.29 is 9.52 Å². The number of benzene rings is 1. The van der Waals surface area contributed by atoms with Gasteiger partial charge in [0.25, 0.3) is 0 Å². The van der Waals surface area contributed by atoms with Crippen molar-refractivity contribution in [2.75, 3.05) is 0 Å². The Bertz CT molecular complexity index is 747. The van der Waals surface area contributed by atoms with Gasteiger partial charge in [-0.05, 0) is 32.0 Å². The molecular formula is C16H16N2O2S. The van der Waals surface area contributed by atoms with Gasteiger partial charge in [-0.2, -0.15) is 5.10 Å². The van der Waals surface area contributed by atoms with Crippen LogP contribution in [0.5, 0.6) is 0 Å². The number of aromatic nitrogens is 2. The first-order chi connectivity index (χ1) is 10.2. The number of rotatable bonds is 4. The molecule has 3 rings (SSSR count). The van der Waals surface area contributed by atoms with Crippen LogP contribution in [-0.4, -0.2) is 14.9 Å². The summed E-state index contributed by atoms with van der Waals surface area (Å²) in [7, 11) is 0. The van der Waals surface area contributed by atoms with Crippen molar-refractivity contribution in [2.45, 2.75) is 30.4 Å². The quantitative estimate of drug-likeness (QED) is 0.797. The summed E-state index contributed by atoms with van der Waals surface area (Å²) < 4.78 is 7.22. The highest BCUT2D eigenvalue weighted by atomic mass is 32.2. The van der Waals surface area contributed by atoms with Crippen molar-refractivity contribution in [3.05, 3.63) is 59.7 Å². The van der Waals surface area contributed by atoms with Gasteiger partial charge >= 0.3 is 0 Å². The van der Waals surface area contributed by atoms with Crippen LogP contribution >= 0.6 is 11.8 Å². The average Bonchev–Trinajstić information content (AvgIpc) is 3.04. The number of aryl methyl sites for hydroxylation is 2. The Hall–Kier alpha value is -1.98. The summed E-state index contributed by atoms with van der Waals surface area (Å²) in [5, 5.41) is 15.2. The Morgan fingerprint density at radius 2 is 1.95 bits per heavy atom. The van der Waals surface area contributed by atoms with Gasteiger partial charge in [0.15, 0.2) is 0 Å². The predicted molar refractivity (Wildman–Crippen MR) is 81.8 cm³/mol. The van der Waals surface area contributed by atoms with Gasteiger partial charge in [-0.1, -0.05) is 30.0 Å². The lowest BCUT2D eigenvalue weighted by atomic mass is 10.3. The van der Waals surface area contributed by atoms with Crippen molar-refractivity contribution in [3.8, 4) is 5.69 Å². The summed E-state index contributed by atoms with van der Waals surface area (Å²) in [6.45, 7) is 3.81. The maximum atomic E-state index is 9.67. The minimum absolute atomic E-state index is 0.0299. The third-order valence-corrected chi connectivity index (χ3v) is 4.57. The molecule has 0 saturated carbocycles. The Morgan fingerprint density at radius 3 is 2.57 bits per heavy atom. The maximum Gasteiger partial charge on any atom is 0.114 e. The zero-order valence-electron chi connectivity index (χ0n) is 11.9. The van der Waals surface area contributed by atoms with Gasteiger partial charge in [0.1, 0.15) is 10.8 Å². The molecule has 0 unspecified atom stereocenters. The Labute approximate surface area is 127 Å². The highest BCUT2D eigenvalue weighted by molar-refractivity contribution is 7.99. The van der Waals surface area contributed by atoms with E-state index >= 15 is 0 Å². The first kappa shape index (κ1) is 14.0. The summed E-state index contributed by atoms with van der Waals surface area (Å²) in [6, 6.07) is 11.9. The summed E-state index contributed by atoms with van der Waals surface area (Å²) in [5.41, 5.74) is 2.67. The van der Waals surface area contributed by atoms with E-state index in [2.05, 4.69) is 5.10 Å². The molecule has 108 valence electrons. The van der Waals surface area contributed by atoms with Crippen LogP contribution in [0.15, 0.2) is 57.0 Å². The number of furan rings is 1. The Kier molecular flexibility index (Phi) is 3.86. The van der Waals surface area contributed by atoms with Gasteiger partial charge in [0.05, 0.1) is 29.1 Å². The molecular weight excluding hydrogens is 284 g/mol. The number of hydrogen-bond acceptors (Lipinski definition) is 4. The van der Waals surface area contributed by atoms with Gasteiger partial charge in [-0.25, -0.2) is 4.68 Å². The molecule has 2 heterocycles. The first-order valence-corrected chi connectivity index (χ1v) is 7.49. The lowest BCUT2D eigenvalue weighted by molar-refractivity contribution is 0.278. The lowest BCUT2D eigenvalue weighted by Gasteiger charge is -2.08. The largest absolute Gasteiger partial charge is 0.468 e. The molecule has 1 N–H and O–H groups in total. The molecule has 0 bridgehead atoms. The molecule has 0 aliphatic rings. The molecule has 5 heteroatoms. The van der Waals surface area contributed by atoms with E-state index in [0.717, 1.165) is 32.6 Å². The van der Waals surface area contributed by atoms with E-state index < -0.39 is 0 Å². The van der Waals surface area contributed by atoms with Crippen LogP contribution in [0.4, 0.5) is 0 Å². The molecule has 0 aliphatic carbocycles. The number of aliphatic hydroxyl groups is 1. The third-order valence-electron chi connectivity index (χ3n) is 3.31. The smallest absolute Gasteiger partial charge is 0.114 e. The molecule has 4 nitrogen and oxygen atoms in total. The van der Waals surface area contributed by atoms with Gasteiger partial charge in [-0.3, -0.25) is 0 Å². The molecule has 1 aromatic carbocycles. The number of para-hydroxylation sites is 1. The summed E-state index contributed by atoms with van der Waals surface area (Å²) in [4.78, 5) is 1.03. The minimum Gasteiger partial charge on any atom is -0.468 e. The van der Waals surface area contributed by atoms with Gasteiger partial charge < -0.3 is 9.52 Å². The normalized spacial score (nSPS) is 11.0. The molecule has 0 amide bonds. The fourth-order valence-corrected chi connectivity index (χ4v) is 3.24. The average molecular weight is 300 g/mol. The van der Waals surface area contributed by atoms with E-state index in [1.54, 1.807) is 18.0 Å². The second-order valence-electron chi connectivity index (χ2n) is 4.72. The Morgan fingerprint density at radius 1 is 1.19 bits per heavy atom. The molecule has 21 heavy (non-hydrogen) atoms. The van der Waals surface area contributed by atoms with E-state index in [1.807, 2.05) is 54.9 Å². The molecule has 0 radical (unpaired) electrons. The maximum absolute atomic E-state index is 9.67. The van der Waals surface area contributed by atoms with Crippen LogP contribution in [-0.2, 0) is 6.61 Å². The highest BCUT2D eigenvalue weighted by Crippen LogP contribution is 2.35. The van der Waals surface area contributed by atoms with Crippen LogP contribution in [0, 0.1) is 13.8 Å². The summed E-state index contributed by atoms with van der Waals surface area (Å²) in [5.74, 6) is 0.863. The Balaban J connectivity index is 2.11. The van der Waals surface area contributed by atoms with E-state index in [0.29, 0.717) is 0 Å². The SMILES string of the molecule is Cc1nn(-c2ccccc2)c(Sc2ccoc2C)c1CO. The van der Waals surface area contributed by atoms with Crippen LogP contribution in [0.3, 0.4) is 0 Å². The summed E-state index contributed by atoms with van der Waals surface area (Å²) >= 11 is 1.56. The van der Waals surface area contributed by atoms with Crippen molar-refractivity contribution in [3.63, 3.8) is 0 Å². The molecule has 0 aliphatic heterocycles. The summed E-state index contributed by atoms with van der Waals surface area (Å²) in [6.07, 6.45) is 1.67. The van der Waals surface area contributed by atoms with Crippen LogP contribution in [0.1, 0.15) is 17.0 Å². The van der Waals surface area contributed by atoms with Crippen molar-refractivity contribution in [2.24, 2.45) is 0 Å². The lowest BCUT2D eigenvalue weighted by Crippen LogP contribution is -1.98. The topological polar surface area (TPSA) is 51.2 Å². The van der Waals surface area contributed by atoms with Crippen molar-refractivity contribution >= 4 is 11.8 Å². The molecule has 0 atom stereocenters. The second kappa shape index (κ2) is 5.79. The molecule has 0 fully saturated rings. The zero-order chi connectivity index (χ0) is 14.8. The first-order valence-electron chi connectivity index (χ1n) is 6.67. The standard InChI is InChI=1S/C16H16N2O2S/c1-11-14(10-19)16(21-15-8-9-20-12(15)2)18(17-11)13-6-4-3-5-7-13/h3-9,19H,10H2,1-2H3. The number of nitrogens with zero attached hydrogens (tertiary/aromatic N) is 2. The molecule has 0 spiro atoms. The van der Waals surface area contributed by atoms with Crippen LogP contribution < -0.4 is 0 Å². The van der Waals surface area contributed by atoms with Crippen molar-refractivity contribution in [1.82, 2.24) is 9.78 Å². The van der Waals surface area contributed by atoms with E-state index in [9.17, 15) is 5.11 Å². The van der Waals surface area contributed by atoms with E-state index in [1.165, 1.54) is 0 Å². The van der Waals surface area contributed by atoms with Crippen LogP contribution in [0.2, 0.25) is 0 Å². The second-order valence-corrected chi connectivity index (χ2v) is 5.75. The molecule has 0 saturated heterocycles. The highest BCUT2D eigenvalue weighted by Gasteiger charge is 2.18. The van der Waals surface area contributed by atoms with E-state index in [4.69, 9.17) is 4.42 Å². The van der Waals surface area contributed by atoms with E-state index in [-0.39, 0.29) is 6.61 Å². The van der Waals surface area contributed by atoms with Gasteiger partial charge in [0.2, 0.25) is 0 Å². The molecule has 2 aromatic heterocycles. The van der Waals surface area contributed by atoms with Gasteiger partial charge in [0, 0.05) is 5.56 Å². The third kappa shape index (κ3) is 2.62. The fraction of sp³-hybridized carbons (Fsp3) is 0.188. The number of hydrogen-bond donors (Lipinski definition) is 1. The molecule has 3 aromatic rings. The minimum atomic E-state index is -0.0299. The fourth-order valence-electron chi connectivity index (χ4n) is 2.15. The zero-order valence-corrected chi connectivity index (χ0v) is 12.7. The monoisotopic (exact) mass is 300 g/mol. The van der Waals surface area contributed by atoms with Crippen molar-refractivity contribution in [1.29, 1.82) is 0 Å². The predicted octanol–water partition coefficient (Wildman–Crippen LogP) is 3.73.